The van der Waals surface area contributed by atoms with Crippen molar-refractivity contribution < 1.29 is 18.3 Å². The standard InChI is InChI=1S/C17H20BrN3O4S/c1-21-9-14(26(19,24)25)7-15(21)16(23)20-17(10-22)5-4-11-6-13(18)3-2-12(11)8-17/h2-3,6-7,9,22H,4-5,8,10H2,1H3,(H,20,23)(H2,19,24,25). The summed E-state index contributed by atoms with van der Waals surface area (Å²) in [6.45, 7) is -0.208. The third-order valence-corrected chi connectivity index (χ3v) is 6.17. The number of carbonyl (C=O) groups is 1. The molecule has 0 fully saturated rings. The molecule has 1 aromatic heterocycles. The van der Waals surface area contributed by atoms with E-state index in [1.165, 1.54) is 22.4 Å². The predicted octanol–water partition coefficient (Wildman–Crippen LogP) is 1.08. The average Bonchev–Trinajstić information content (AvgIpc) is 2.97. The minimum absolute atomic E-state index is 0.123. The van der Waals surface area contributed by atoms with Gasteiger partial charge in [0.05, 0.1) is 12.1 Å². The van der Waals surface area contributed by atoms with Gasteiger partial charge in [-0.2, -0.15) is 0 Å². The number of amides is 1. The van der Waals surface area contributed by atoms with E-state index in [1.54, 1.807) is 7.05 Å². The zero-order chi connectivity index (χ0) is 19.1. The summed E-state index contributed by atoms with van der Waals surface area (Å²) in [5, 5.41) is 18.0. The van der Waals surface area contributed by atoms with E-state index in [0.717, 1.165) is 16.5 Å². The van der Waals surface area contributed by atoms with Crippen molar-refractivity contribution in [3.05, 3.63) is 51.8 Å². The molecule has 3 rings (SSSR count). The molecule has 1 atom stereocenters. The first kappa shape index (κ1) is 19.1. The number of hydrogen-bond donors (Lipinski definition) is 3. The number of nitrogens with one attached hydrogen (secondary N) is 1. The van der Waals surface area contributed by atoms with Gasteiger partial charge in [-0.05, 0) is 48.6 Å². The van der Waals surface area contributed by atoms with Gasteiger partial charge < -0.3 is 15.0 Å². The van der Waals surface area contributed by atoms with E-state index in [-0.39, 0.29) is 17.2 Å². The van der Waals surface area contributed by atoms with Gasteiger partial charge in [-0.1, -0.05) is 22.0 Å². The summed E-state index contributed by atoms with van der Waals surface area (Å²) in [4.78, 5) is 12.6. The Morgan fingerprint density at radius 1 is 1.38 bits per heavy atom. The lowest BCUT2D eigenvalue weighted by Crippen LogP contribution is -2.55. The summed E-state index contributed by atoms with van der Waals surface area (Å²) in [5.74, 6) is -0.447. The lowest BCUT2D eigenvalue weighted by molar-refractivity contribution is 0.0800. The Morgan fingerprint density at radius 3 is 2.73 bits per heavy atom. The number of aryl methyl sites for hydroxylation is 2. The zero-order valence-electron chi connectivity index (χ0n) is 14.2. The fourth-order valence-electron chi connectivity index (χ4n) is 3.33. The van der Waals surface area contributed by atoms with Gasteiger partial charge in [0.1, 0.15) is 10.6 Å². The summed E-state index contributed by atoms with van der Waals surface area (Å²) < 4.78 is 25.4. The average molecular weight is 442 g/mol. The van der Waals surface area contributed by atoms with Crippen molar-refractivity contribution in [2.45, 2.75) is 29.7 Å². The largest absolute Gasteiger partial charge is 0.394 e. The lowest BCUT2D eigenvalue weighted by Gasteiger charge is -2.37. The van der Waals surface area contributed by atoms with Crippen molar-refractivity contribution in [3.63, 3.8) is 0 Å². The molecule has 1 aromatic carbocycles. The summed E-state index contributed by atoms with van der Waals surface area (Å²) in [6, 6.07) is 7.21. The Kier molecular flexibility index (Phi) is 5.00. The molecule has 2 aromatic rings. The van der Waals surface area contributed by atoms with Gasteiger partial charge in [0, 0.05) is 17.7 Å². The molecule has 0 aliphatic heterocycles. The molecule has 0 saturated carbocycles. The molecule has 0 radical (unpaired) electrons. The molecule has 9 heteroatoms. The summed E-state index contributed by atoms with van der Waals surface area (Å²) >= 11 is 3.45. The molecule has 0 bridgehead atoms. The molecule has 1 heterocycles. The third kappa shape index (κ3) is 3.71. The number of hydrogen-bond acceptors (Lipinski definition) is 4. The smallest absolute Gasteiger partial charge is 0.268 e. The van der Waals surface area contributed by atoms with E-state index in [9.17, 15) is 18.3 Å². The van der Waals surface area contributed by atoms with Crippen molar-refractivity contribution in [3.8, 4) is 0 Å². The molecule has 4 N–H and O–H groups in total. The van der Waals surface area contributed by atoms with Crippen LogP contribution in [0.3, 0.4) is 0 Å². The summed E-state index contributed by atoms with van der Waals surface area (Å²) in [5.41, 5.74) is 1.65. The fourth-order valence-corrected chi connectivity index (χ4v) is 4.32. The van der Waals surface area contributed by atoms with E-state index in [1.807, 2.05) is 18.2 Å². The molecule has 0 spiro atoms. The van der Waals surface area contributed by atoms with Crippen molar-refractivity contribution in [1.29, 1.82) is 0 Å². The van der Waals surface area contributed by atoms with Crippen LogP contribution in [0.25, 0.3) is 0 Å². The number of primary sulfonamides is 1. The van der Waals surface area contributed by atoms with Crippen molar-refractivity contribution in [1.82, 2.24) is 9.88 Å². The van der Waals surface area contributed by atoms with Gasteiger partial charge in [-0.3, -0.25) is 4.79 Å². The molecule has 140 valence electrons. The molecular weight excluding hydrogens is 422 g/mol. The second-order valence-electron chi connectivity index (χ2n) is 6.70. The number of aliphatic hydroxyl groups is 1. The van der Waals surface area contributed by atoms with Crippen LogP contribution in [-0.4, -0.2) is 36.1 Å². The first-order valence-electron chi connectivity index (χ1n) is 8.03. The number of benzene rings is 1. The second kappa shape index (κ2) is 6.80. The first-order valence-corrected chi connectivity index (χ1v) is 10.4. The second-order valence-corrected chi connectivity index (χ2v) is 9.18. The molecule has 1 aliphatic carbocycles. The SMILES string of the molecule is Cn1cc(S(N)(=O)=O)cc1C(=O)NC1(CO)CCc2cc(Br)ccc2C1. The Bertz CT molecular complexity index is 970. The van der Waals surface area contributed by atoms with Crippen molar-refractivity contribution in [2.24, 2.45) is 12.2 Å². The fraction of sp³-hybridized carbons (Fsp3) is 0.353. The van der Waals surface area contributed by atoms with Crippen LogP contribution in [0.15, 0.2) is 39.8 Å². The number of halogens is 1. The van der Waals surface area contributed by atoms with Crippen LogP contribution >= 0.6 is 15.9 Å². The minimum Gasteiger partial charge on any atom is -0.394 e. The molecule has 1 unspecified atom stereocenters. The molecule has 0 saturated heterocycles. The van der Waals surface area contributed by atoms with Crippen molar-refractivity contribution >= 4 is 31.9 Å². The quantitative estimate of drug-likeness (QED) is 0.658. The van der Waals surface area contributed by atoms with Crippen LogP contribution in [0.2, 0.25) is 0 Å². The Balaban J connectivity index is 1.86. The lowest BCUT2D eigenvalue weighted by atomic mass is 9.78. The van der Waals surface area contributed by atoms with Crippen LogP contribution < -0.4 is 10.5 Å². The predicted molar refractivity (Wildman–Crippen MR) is 100 cm³/mol. The van der Waals surface area contributed by atoms with Gasteiger partial charge in [-0.15, -0.1) is 0 Å². The maximum Gasteiger partial charge on any atom is 0.268 e. The highest BCUT2D eigenvalue weighted by atomic mass is 79.9. The van der Waals surface area contributed by atoms with E-state index in [0.29, 0.717) is 12.8 Å². The number of carbonyl (C=O) groups excluding carboxylic acids is 1. The Hall–Kier alpha value is -1.68. The number of aromatic nitrogens is 1. The normalized spacial score (nSPS) is 19.8. The number of fused-ring (bicyclic) bond motifs is 1. The number of nitrogens with two attached hydrogens (primary N) is 1. The minimum atomic E-state index is -3.89. The third-order valence-electron chi connectivity index (χ3n) is 4.79. The van der Waals surface area contributed by atoms with E-state index < -0.39 is 21.5 Å². The summed E-state index contributed by atoms with van der Waals surface area (Å²) in [6.07, 6.45) is 3.12. The van der Waals surface area contributed by atoms with Crippen molar-refractivity contribution in [2.75, 3.05) is 6.61 Å². The highest BCUT2D eigenvalue weighted by Crippen LogP contribution is 2.31. The molecule has 26 heavy (non-hydrogen) atoms. The van der Waals surface area contributed by atoms with Gasteiger partial charge in [0.25, 0.3) is 5.91 Å². The highest BCUT2D eigenvalue weighted by Gasteiger charge is 2.36. The molecule has 1 amide bonds. The Morgan fingerprint density at radius 2 is 2.12 bits per heavy atom. The van der Waals surface area contributed by atoms with Crippen LogP contribution in [-0.2, 0) is 29.9 Å². The maximum absolute atomic E-state index is 12.7. The maximum atomic E-state index is 12.7. The topological polar surface area (TPSA) is 114 Å². The van der Waals surface area contributed by atoms with Gasteiger partial charge in [-0.25, -0.2) is 13.6 Å². The highest BCUT2D eigenvalue weighted by molar-refractivity contribution is 9.10. The first-order chi connectivity index (χ1) is 12.1. The van der Waals surface area contributed by atoms with Crippen LogP contribution in [0.5, 0.6) is 0 Å². The number of rotatable bonds is 4. The van der Waals surface area contributed by atoms with E-state index >= 15 is 0 Å². The molecule has 1 aliphatic rings. The van der Waals surface area contributed by atoms with Crippen LogP contribution in [0.1, 0.15) is 28.0 Å². The number of sulfonamides is 1. The number of nitrogens with zero attached hydrogens (tertiary/aromatic N) is 1. The van der Waals surface area contributed by atoms with Crippen LogP contribution in [0.4, 0.5) is 0 Å². The van der Waals surface area contributed by atoms with E-state index in [4.69, 9.17) is 5.14 Å². The Labute approximate surface area is 160 Å². The molecular formula is C17H20BrN3O4S. The van der Waals surface area contributed by atoms with Crippen LogP contribution in [0, 0.1) is 0 Å². The van der Waals surface area contributed by atoms with Gasteiger partial charge >= 0.3 is 0 Å². The summed E-state index contributed by atoms with van der Waals surface area (Å²) in [7, 11) is -2.32. The number of aliphatic hydroxyl groups excluding tert-OH is 1. The van der Waals surface area contributed by atoms with Gasteiger partial charge in [0.15, 0.2) is 0 Å². The van der Waals surface area contributed by atoms with Gasteiger partial charge in [0.2, 0.25) is 10.0 Å². The molecule has 7 nitrogen and oxygen atoms in total. The monoisotopic (exact) mass is 441 g/mol. The zero-order valence-corrected chi connectivity index (χ0v) is 16.6. The van der Waals surface area contributed by atoms with E-state index in [2.05, 4.69) is 21.2 Å².